The number of benzene rings is 1. The molecule has 1 N–H and O–H groups in total. The van der Waals surface area contributed by atoms with Crippen LogP contribution in [0.15, 0.2) is 45.7 Å². The Kier molecular flexibility index (Phi) is 2.72. The molecule has 2 rings (SSSR count). The van der Waals surface area contributed by atoms with Crippen molar-refractivity contribution in [3.05, 3.63) is 52.5 Å². The molecule has 0 saturated carbocycles. The highest BCUT2D eigenvalue weighted by Gasteiger charge is 2.23. The molecule has 1 aromatic heterocycles. The Morgan fingerprint density at radius 3 is 2.69 bits per heavy atom. The summed E-state index contributed by atoms with van der Waals surface area (Å²) in [5.74, 6) is 0. The van der Waals surface area contributed by atoms with Crippen molar-refractivity contribution >= 4 is 5.57 Å². The summed E-state index contributed by atoms with van der Waals surface area (Å²) in [6.45, 7) is 3.76. The van der Waals surface area contributed by atoms with Gasteiger partial charge in [0.2, 0.25) is 5.69 Å². The molecule has 0 unspecified atom stereocenters. The number of nitrogens with zero attached hydrogens (tertiary/aromatic N) is 1. The maximum absolute atomic E-state index is 11.6. The Bertz CT molecular complexity index is 564. The Balaban J connectivity index is 2.64. The van der Waals surface area contributed by atoms with Crippen molar-refractivity contribution in [2.45, 2.75) is 13.8 Å². The molecule has 1 aromatic carbocycles. The SMILES string of the molecule is C/C=C(\C)c1c(=O)o[nH][n+]1-c1ccccc1. The molecule has 1 heterocycles. The van der Waals surface area contributed by atoms with Crippen LogP contribution in [0.2, 0.25) is 0 Å². The number of allylic oxidation sites excluding steroid dienone is 2. The zero-order valence-electron chi connectivity index (χ0n) is 9.23. The Morgan fingerprint density at radius 1 is 1.38 bits per heavy atom. The summed E-state index contributed by atoms with van der Waals surface area (Å²) in [5.41, 5.74) is 1.90. The van der Waals surface area contributed by atoms with Crippen molar-refractivity contribution in [2.24, 2.45) is 0 Å². The summed E-state index contributed by atoms with van der Waals surface area (Å²) >= 11 is 0. The van der Waals surface area contributed by atoms with E-state index in [4.69, 9.17) is 4.52 Å². The fourth-order valence-corrected chi connectivity index (χ4v) is 1.51. The van der Waals surface area contributed by atoms with Gasteiger partial charge in [0.25, 0.3) is 0 Å². The minimum atomic E-state index is -0.362. The van der Waals surface area contributed by atoms with Gasteiger partial charge in [-0.05, 0) is 23.8 Å². The maximum atomic E-state index is 11.6. The quantitative estimate of drug-likeness (QED) is 0.778. The van der Waals surface area contributed by atoms with Crippen LogP contribution in [0.4, 0.5) is 0 Å². The van der Waals surface area contributed by atoms with Gasteiger partial charge < -0.3 is 0 Å². The van der Waals surface area contributed by atoms with Gasteiger partial charge in [-0.2, -0.15) is 0 Å². The molecule has 0 amide bonds. The van der Waals surface area contributed by atoms with E-state index >= 15 is 0 Å². The van der Waals surface area contributed by atoms with Crippen LogP contribution >= 0.6 is 0 Å². The van der Waals surface area contributed by atoms with Crippen molar-refractivity contribution in [3.63, 3.8) is 0 Å². The monoisotopic (exact) mass is 217 g/mol. The molecule has 0 bridgehead atoms. The third-order valence-electron chi connectivity index (χ3n) is 2.47. The first-order valence-electron chi connectivity index (χ1n) is 5.06. The van der Waals surface area contributed by atoms with Crippen LogP contribution in [0.5, 0.6) is 0 Å². The lowest BCUT2D eigenvalue weighted by Gasteiger charge is -1.92. The van der Waals surface area contributed by atoms with Gasteiger partial charge in [0, 0.05) is 17.7 Å². The fourth-order valence-electron chi connectivity index (χ4n) is 1.51. The number of hydrogen-bond donors (Lipinski definition) is 1. The van der Waals surface area contributed by atoms with Crippen LogP contribution in [0.3, 0.4) is 0 Å². The predicted molar refractivity (Wildman–Crippen MR) is 60.2 cm³/mol. The maximum Gasteiger partial charge on any atom is 0.435 e. The van der Waals surface area contributed by atoms with Gasteiger partial charge >= 0.3 is 11.3 Å². The second kappa shape index (κ2) is 4.18. The van der Waals surface area contributed by atoms with Crippen LogP contribution in [0, 0.1) is 0 Å². The highest BCUT2D eigenvalue weighted by Crippen LogP contribution is 2.06. The normalized spacial score (nSPS) is 11.8. The first-order chi connectivity index (χ1) is 7.74. The third kappa shape index (κ3) is 1.69. The van der Waals surface area contributed by atoms with E-state index in [-0.39, 0.29) is 5.63 Å². The van der Waals surface area contributed by atoms with E-state index in [1.165, 1.54) is 0 Å². The fraction of sp³-hybridized carbons (Fsp3) is 0.167. The standard InChI is InChI=1S/C12H12N2O2/c1-3-9(2)11-12(15)16-13-14(11)10-7-5-4-6-8-10/h3-8H,1-2H3/p+1/b9-3+. The van der Waals surface area contributed by atoms with Crippen LogP contribution < -0.4 is 10.3 Å². The number of rotatable bonds is 2. The lowest BCUT2D eigenvalue weighted by molar-refractivity contribution is -0.672. The molecule has 0 atom stereocenters. The molecule has 0 saturated heterocycles. The van der Waals surface area contributed by atoms with Gasteiger partial charge in [-0.3, -0.25) is 4.52 Å². The van der Waals surface area contributed by atoms with Crippen LogP contribution in [-0.4, -0.2) is 5.27 Å². The van der Waals surface area contributed by atoms with E-state index < -0.39 is 0 Å². The zero-order valence-corrected chi connectivity index (χ0v) is 9.23. The van der Waals surface area contributed by atoms with E-state index in [1.54, 1.807) is 4.68 Å². The van der Waals surface area contributed by atoms with Gasteiger partial charge in [-0.25, -0.2) is 4.79 Å². The second-order valence-electron chi connectivity index (χ2n) is 3.47. The Morgan fingerprint density at radius 2 is 2.06 bits per heavy atom. The molecule has 2 aromatic rings. The summed E-state index contributed by atoms with van der Waals surface area (Å²) in [6, 6.07) is 9.53. The minimum Gasteiger partial charge on any atom is -0.282 e. The summed E-state index contributed by atoms with van der Waals surface area (Å²) in [4.78, 5) is 11.6. The molecule has 0 aliphatic rings. The van der Waals surface area contributed by atoms with E-state index in [1.807, 2.05) is 50.3 Å². The average Bonchev–Trinajstić information content (AvgIpc) is 2.71. The van der Waals surface area contributed by atoms with Crippen LogP contribution in [0.1, 0.15) is 19.5 Å². The zero-order chi connectivity index (χ0) is 11.5. The molecule has 4 nitrogen and oxygen atoms in total. The molecule has 4 heteroatoms. The molecule has 0 spiro atoms. The lowest BCUT2D eigenvalue weighted by Crippen LogP contribution is -2.37. The highest BCUT2D eigenvalue weighted by atomic mass is 16.5. The van der Waals surface area contributed by atoms with Gasteiger partial charge in [0.15, 0.2) is 0 Å². The second-order valence-corrected chi connectivity index (χ2v) is 3.47. The van der Waals surface area contributed by atoms with Crippen molar-refractivity contribution in [3.8, 4) is 5.69 Å². The number of hydrogen-bond acceptors (Lipinski definition) is 2. The van der Waals surface area contributed by atoms with E-state index in [2.05, 4.69) is 5.27 Å². The van der Waals surface area contributed by atoms with E-state index in [9.17, 15) is 4.79 Å². The van der Waals surface area contributed by atoms with Gasteiger partial charge in [0.1, 0.15) is 0 Å². The molecular formula is C12H13N2O2+. The average molecular weight is 217 g/mol. The van der Waals surface area contributed by atoms with Crippen molar-refractivity contribution in [2.75, 3.05) is 0 Å². The van der Waals surface area contributed by atoms with Crippen LogP contribution in [-0.2, 0) is 0 Å². The third-order valence-corrected chi connectivity index (χ3v) is 2.47. The molecule has 0 radical (unpaired) electrons. The summed E-state index contributed by atoms with van der Waals surface area (Å²) in [6.07, 6.45) is 1.87. The molecule has 0 aliphatic heterocycles. The Labute approximate surface area is 92.8 Å². The summed E-state index contributed by atoms with van der Waals surface area (Å²) in [7, 11) is 0. The van der Waals surface area contributed by atoms with E-state index in [0.717, 1.165) is 11.3 Å². The smallest absolute Gasteiger partial charge is 0.282 e. The van der Waals surface area contributed by atoms with Crippen LogP contribution in [0.25, 0.3) is 11.3 Å². The molecule has 82 valence electrons. The minimum absolute atomic E-state index is 0.362. The molecule has 16 heavy (non-hydrogen) atoms. The number of para-hydroxylation sites is 1. The molecule has 0 aliphatic carbocycles. The molecular weight excluding hydrogens is 204 g/mol. The van der Waals surface area contributed by atoms with Crippen molar-refractivity contribution in [1.29, 1.82) is 0 Å². The highest BCUT2D eigenvalue weighted by molar-refractivity contribution is 5.56. The number of H-pyrrole nitrogens is 1. The topological polar surface area (TPSA) is 49.9 Å². The molecule has 0 fully saturated rings. The van der Waals surface area contributed by atoms with Gasteiger partial charge in [0.05, 0.1) is 0 Å². The Hall–Kier alpha value is -2.10. The van der Waals surface area contributed by atoms with Gasteiger partial charge in [-0.15, -0.1) is 0 Å². The largest absolute Gasteiger partial charge is 0.435 e. The van der Waals surface area contributed by atoms with E-state index in [0.29, 0.717) is 5.69 Å². The first kappa shape index (κ1) is 10.4. The van der Waals surface area contributed by atoms with Crippen molar-refractivity contribution < 1.29 is 9.20 Å². The number of aromatic nitrogens is 2. The lowest BCUT2D eigenvalue weighted by atomic mass is 10.2. The summed E-state index contributed by atoms with van der Waals surface area (Å²) < 4.78 is 6.45. The first-order valence-corrected chi connectivity index (χ1v) is 5.06. The number of aromatic amines is 1. The predicted octanol–water partition coefficient (Wildman–Crippen LogP) is 1.67. The van der Waals surface area contributed by atoms with Gasteiger partial charge in [-0.1, -0.05) is 24.3 Å². The summed E-state index contributed by atoms with van der Waals surface area (Å²) in [5, 5.41) is 2.59. The number of nitrogens with one attached hydrogen (secondary N) is 1. The van der Waals surface area contributed by atoms with Crippen molar-refractivity contribution in [1.82, 2.24) is 5.27 Å².